The molecule has 0 atom stereocenters. The van der Waals surface area contributed by atoms with Gasteiger partial charge < -0.3 is 4.74 Å². The molecule has 1 radical (unpaired) electrons. The van der Waals surface area contributed by atoms with Crippen molar-refractivity contribution in [3.8, 4) is 0 Å². The highest BCUT2D eigenvalue weighted by Crippen LogP contribution is 2.20. The molecule has 2 rings (SSSR count). The fourth-order valence-electron chi connectivity index (χ4n) is 1.01. The molecule has 1 heterocycles. The van der Waals surface area contributed by atoms with E-state index in [1.54, 1.807) is 6.07 Å². The molecule has 1 aliphatic heterocycles. The highest BCUT2D eigenvalue weighted by atomic mass is 16.5. The molecule has 1 amide bonds. The summed E-state index contributed by atoms with van der Waals surface area (Å²) in [5.41, 5.74) is 1.69. The van der Waals surface area contributed by atoms with E-state index >= 15 is 0 Å². The summed E-state index contributed by atoms with van der Waals surface area (Å²) in [5.74, 6) is 0. The van der Waals surface area contributed by atoms with E-state index < -0.39 is 6.09 Å². The highest BCUT2D eigenvalue weighted by molar-refractivity contribution is 5.76. The van der Waals surface area contributed by atoms with E-state index in [-0.39, 0.29) is 0 Å². The number of carbonyl (C=O) groups excluding carboxylic acids is 1. The summed E-state index contributed by atoms with van der Waals surface area (Å²) in [6, 6.07) is 7.44. The second kappa shape index (κ2) is 2.27. The summed E-state index contributed by atoms with van der Waals surface area (Å²) < 4.78 is 4.70. The lowest BCUT2D eigenvalue weighted by molar-refractivity contribution is 0.137. The Hall–Kier alpha value is -1.51. The Morgan fingerprint density at radius 2 is 2.18 bits per heavy atom. The molecule has 0 saturated heterocycles. The van der Waals surface area contributed by atoms with Crippen molar-refractivity contribution in [3.05, 3.63) is 29.8 Å². The molecule has 0 fully saturated rings. The third-order valence-corrected chi connectivity index (χ3v) is 1.55. The predicted octanol–water partition coefficient (Wildman–Crippen LogP) is 1.57. The first kappa shape index (κ1) is 6.22. The lowest BCUT2D eigenvalue weighted by Crippen LogP contribution is -2.18. The maximum absolute atomic E-state index is 10.6. The van der Waals surface area contributed by atoms with Crippen LogP contribution in [0.2, 0.25) is 0 Å². The monoisotopic (exact) mass is 148 g/mol. The zero-order valence-corrected chi connectivity index (χ0v) is 5.78. The van der Waals surface area contributed by atoms with Crippen LogP contribution in [0.1, 0.15) is 5.56 Å². The molecular formula is C8H6NO2. The number of para-hydroxylation sites is 1. The lowest BCUT2D eigenvalue weighted by atomic mass is 10.2. The highest BCUT2D eigenvalue weighted by Gasteiger charge is 2.15. The molecule has 3 heteroatoms. The van der Waals surface area contributed by atoms with E-state index in [0.717, 1.165) is 11.3 Å². The summed E-state index contributed by atoms with van der Waals surface area (Å²) in [6.45, 7) is 0.346. The number of nitrogens with zero attached hydrogens (tertiary/aromatic N) is 1. The molecule has 0 N–H and O–H groups in total. The van der Waals surface area contributed by atoms with Crippen molar-refractivity contribution in [3.63, 3.8) is 0 Å². The SMILES string of the molecule is O=C1[N]c2ccccc2CO1. The number of hydrogen-bond acceptors (Lipinski definition) is 2. The number of ether oxygens (including phenoxy) is 1. The van der Waals surface area contributed by atoms with Crippen molar-refractivity contribution in [2.24, 2.45) is 0 Å². The van der Waals surface area contributed by atoms with Gasteiger partial charge in [-0.15, -0.1) is 0 Å². The first-order valence-corrected chi connectivity index (χ1v) is 3.33. The summed E-state index contributed by atoms with van der Waals surface area (Å²) in [5, 5.41) is 3.68. The number of amides is 1. The summed E-state index contributed by atoms with van der Waals surface area (Å²) in [4.78, 5) is 10.6. The van der Waals surface area contributed by atoms with Crippen LogP contribution in [-0.4, -0.2) is 6.09 Å². The number of fused-ring (bicyclic) bond motifs is 1. The van der Waals surface area contributed by atoms with E-state index in [9.17, 15) is 4.79 Å². The second-order valence-electron chi connectivity index (χ2n) is 2.30. The Labute approximate surface area is 64.0 Å². The molecular weight excluding hydrogens is 142 g/mol. The maximum atomic E-state index is 10.6. The average Bonchev–Trinajstić information content (AvgIpc) is 2.04. The molecule has 0 aliphatic carbocycles. The maximum Gasteiger partial charge on any atom is 0.434 e. The van der Waals surface area contributed by atoms with Gasteiger partial charge in [-0.05, 0) is 6.07 Å². The Kier molecular flexibility index (Phi) is 1.28. The van der Waals surface area contributed by atoms with Crippen LogP contribution in [0, 0.1) is 0 Å². The number of carbonyl (C=O) groups is 1. The molecule has 11 heavy (non-hydrogen) atoms. The minimum Gasteiger partial charge on any atom is -0.443 e. The van der Waals surface area contributed by atoms with Gasteiger partial charge in [-0.2, -0.15) is 5.32 Å². The van der Waals surface area contributed by atoms with Crippen LogP contribution in [0.3, 0.4) is 0 Å². The minimum absolute atomic E-state index is 0.346. The molecule has 0 aromatic heterocycles. The normalized spacial score (nSPS) is 14.7. The van der Waals surface area contributed by atoms with Crippen LogP contribution in [-0.2, 0) is 11.3 Å². The summed E-state index contributed by atoms with van der Waals surface area (Å²) >= 11 is 0. The summed E-state index contributed by atoms with van der Waals surface area (Å²) in [7, 11) is 0. The van der Waals surface area contributed by atoms with Gasteiger partial charge in [-0.3, -0.25) is 0 Å². The predicted molar refractivity (Wildman–Crippen MR) is 38.4 cm³/mol. The fourth-order valence-corrected chi connectivity index (χ4v) is 1.01. The van der Waals surface area contributed by atoms with Gasteiger partial charge in [0.05, 0.1) is 5.69 Å². The average molecular weight is 148 g/mol. The Bertz CT molecular complexity index is 296. The van der Waals surface area contributed by atoms with Gasteiger partial charge in [0.1, 0.15) is 6.61 Å². The van der Waals surface area contributed by atoms with E-state index in [0.29, 0.717) is 6.61 Å². The van der Waals surface area contributed by atoms with E-state index in [2.05, 4.69) is 5.32 Å². The fraction of sp³-hybridized carbons (Fsp3) is 0.125. The van der Waals surface area contributed by atoms with Gasteiger partial charge in [0.25, 0.3) is 0 Å². The van der Waals surface area contributed by atoms with Crippen molar-refractivity contribution in [2.45, 2.75) is 6.61 Å². The van der Waals surface area contributed by atoms with Crippen molar-refractivity contribution in [2.75, 3.05) is 0 Å². The van der Waals surface area contributed by atoms with Crippen molar-refractivity contribution in [1.29, 1.82) is 0 Å². The van der Waals surface area contributed by atoms with Gasteiger partial charge in [0.2, 0.25) is 0 Å². The Morgan fingerprint density at radius 1 is 1.36 bits per heavy atom. The number of cyclic esters (lactones) is 1. The quantitative estimate of drug-likeness (QED) is 0.560. The van der Waals surface area contributed by atoms with Crippen LogP contribution in [0.15, 0.2) is 24.3 Å². The van der Waals surface area contributed by atoms with Crippen LogP contribution >= 0.6 is 0 Å². The van der Waals surface area contributed by atoms with E-state index in [4.69, 9.17) is 4.74 Å². The van der Waals surface area contributed by atoms with Crippen molar-refractivity contribution in [1.82, 2.24) is 5.32 Å². The zero-order valence-electron chi connectivity index (χ0n) is 5.78. The van der Waals surface area contributed by atoms with Gasteiger partial charge in [-0.1, -0.05) is 18.2 Å². The Morgan fingerprint density at radius 3 is 3.09 bits per heavy atom. The largest absolute Gasteiger partial charge is 0.443 e. The molecule has 0 bridgehead atoms. The molecule has 1 aromatic carbocycles. The molecule has 3 nitrogen and oxygen atoms in total. The minimum atomic E-state index is -0.497. The van der Waals surface area contributed by atoms with Gasteiger partial charge >= 0.3 is 6.09 Å². The van der Waals surface area contributed by atoms with Gasteiger partial charge in [0.15, 0.2) is 0 Å². The Balaban J connectivity index is 2.41. The third kappa shape index (κ3) is 1.05. The molecule has 55 valence electrons. The van der Waals surface area contributed by atoms with Gasteiger partial charge in [0, 0.05) is 5.56 Å². The van der Waals surface area contributed by atoms with E-state index in [1.165, 1.54) is 0 Å². The number of rotatable bonds is 0. The first-order valence-electron chi connectivity index (χ1n) is 3.33. The molecule has 1 aliphatic rings. The van der Waals surface area contributed by atoms with Crippen molar-refractivity contribution < 1.29 is 9.53 Å². The second-order valence-corrected chi connectivity index (χ2v) is 2.30. The molecule has 0 saturated carbocycles. The van der Waals surface area contributed by atoms with Crippen LogP contribution in [0.4, 0.5) is 10.5 Å². The third-order valence-electron chi connectivity index (χ3n) is 1.55. The molecule has 1 aromatic rings. The molecule has 0 spiro atoms. The van der Waals surface area contributed by atoms with Crippen molar-refractivity contribution >= 4 is 11.8 Å². The van der Waals surface area contributed by atoms with Gasteiger partial charge in [-0.25, -0.2) is 4.79 Å². The smallest absolute Gasteiger partial charge is 0.434 e. The first-order chi connectivity index (χ1) is 5.36. The molecule has 0 unspecified atom stereocenters. The zero-order chi connectivity index (χ0) is 7.68. The topological polar surface area (TPSA) is 40.4 Å². The van der Waals surface area contributed by atoms with E-state index in [1.807, 2.05) is 18.2 Å². The lowest BCUT2D eigenvalue weighted by Gasteiger charge is -2.13. The number of benzene rings is 1. The van der Waals surface area contributed by atoms with Crippen LogP contribution < -0.4 is 5.32 Å². The van der Waals surface area contributed by atoms with Crippen LogP contribution in [0.5, 0.6) is 0 Å². The summed E-state index contributed by atoms with van der Waals surface area (Å²) in [6.07, 6.45) is -0.497. The standard InChI is InChI=1S/C8H6NO2/c10-8-9-7-4-2-1-3-6(7)5-11-8/h1-4H,5H2. The van der Waals surface area contributed by atoms with Crippen LogP contribution in [0.25, 0.3) is 0 Å². The number of hydrogen-bond donors (Lipinski definition) is 0.